The van der Waals surface area contributed by atoms with E-state index in [4.69, 9.17) is 4.74 Å². The number of nitrogens with one attached hydrogen (secondary N) is 1. The fourth-order valence-corrected chi connectivity index (χ4v) is 2.39. The minimum Gasteiger partial charge on any atom is -0.456 e. The van der Waals surface area contributed by atoms with Gasteiger partial charge in [-0.15, -0.1) is 0 Å². The van der Waals surface area contributed by atoms with Gasteiger partial charge in [-0.3, -0.25) is 0 Å². The van der Waals surface area contributed by atoms with Gasteiger partial charge >= 0.3 is 5.97 Å². The molecule has 0 atom stereocenters. The zero-order valence-electron chi connectivity index (χ0n) is 10.5. The average molecular weight is 378 g/mol. The third-order valence-electron chi connectivity index (χ3n) is 2.90. The Hall–Kier alpha value is -1.89. The number of aromatic nitrogens is 2. The number of esters is 1. The van der Waals surface area contributed by atoms with Crippen LogP contribution in [0.1, 0.15) is 16.1 Å². The van der Waals surface area contributed by atoms with Gasteiger partial charge in [0.25, 0.3) is 0 Å². The predicted molar refractivity (Wildman–Crippen MR) is 84.4 cm³/mol. The van der Waals surface area contributed by atoms with E-state index in [-0.39, 0.29) is 12.6 Å². The largest absolute Gasteiger partial charge is 0.456 e. The number of H-pyrrole nitrogens is 1. The molecule has 0 aliphatic heterocycles. The van der Waals surface area contributed by atoms with Crippen molar-refractivity contribution >= 4 is 39.5 Å². The molecule has 1 aromatic carbocycles. The lowest BCUT2D eigenvalue weighted by Crippen LogP contribution is -2.05. The van der Waals surface area contributed by atoms with E-state index >= 15 is 0 Å². The van der Waals surface area contributed by atoms with E-state index in [1.165, 1.54) is 0 Å². The number of halogens is 1. The van der Waals surface area contributed by atoms with Crippen LogP contribution in [0.2, 0.25) is 0 Å². The smallest absolute Gasteiger partial charge is 0.355 e. The summed E-state index contributed by atoms with van der Waals surface area (Å²) < 4.78 is 6.17. The summed E-state index contributed by atoms with van der Waals surface area (Å²) >= 11 is 2.14. The van der Waals surface area contributed by atoms with Crippen molar-refractivity contribution in [1.29, 1.82) is 0 Å². The molecule has 100 valence electrons. The maximum atomic E-state index is 12.0. The van der Waals surface area contributed by atoms with E-state index in [2.05, 4.69) is 32.6 Å². The maximum Gasteiger partial charge on any atom is 0.355 e. The number of hydrogen-bond donors (Lipinski definition) is 1. The first-order valence-corrected chi connectivity index (χ1v) is 7.15. The molecule has 0 unspecified atom stereocenters. The van der Waals surface area contributed by atoms with Gasteiger partial charge in [0.15, 0.2) is 0 Å². The summed E-state index contributed by atoms with van der Waals surface area (Å²) in [6.45, 7) is 0.269. The van der Waals surface area contributed by atoms with Crippen molar-refractivity contribution in [2.45, 2.75) is 6.61 Å². The zero-order chi connectivity index (χ0) is 13.9. The number of pyridine rings is 1. The van der Waals surface area contributed by atoms with Crippen LogP contribution in [0.25, 0.3) is 10.9 Å². The van der Waals surface area contributed by atoms with Crippen molar-refractivity contribution < 1.29 is 9.53 Å². The minimum atomic E-state index is -0.361. The Morgan fingerprint density at radius 2 is 2.05 bits per heavy atom. The second kappa shape index (κ2) is 5.62. The van der Waals surface area contributed by atoms with E-state index in [0.717, 1.165) is 20.2 Å². The summed E-state index contributed by atoms with van der Waals surface area (Å²) in [7, 11) is 0. The number of fused-ring (bicyclic) bond motifs is 1. The first-order chi connectivity index (χ1) is 9.72. The lowest BCUT2D eigenvalue weighted by Gasteiger charge is -2.02. The average Bonchev–Trinajstić information content (AvgIpc) is 2.89. The van der Waals surface area contributed by atoms with Crippen LogP contribution >= 0.6 is 22.6 Å². The molecular formula is C15H11IN2O2. The highest BCUT2D eigenvalue weighted by molar-refractivity contribution is 14.1. The zero-order valence-corrected chi connectivity index (χ0v) is 12.6. The Morgan fingerprint density at radius 3 is 2.85 bits per heavy atom. The highest BCUT2D eigenvalue weighted by Gasteiger charge is 2.11. The van der Waals surface area contributed by atoms with Gasteiger partial charge in [0.1, 0.15) is 16.0 Å². The van der Waals surface area contributed by atoms with Gasteiger partial charge in [-0.05, 0) is 40.3 Å². The Balaban J connectivity index is 1.75. The molecule has 5 heteroatoms. The molecule has 0 saturated carbocycles. The molecule has 3 rings (SSSR count). The van der Waals surface area contributed by atoms with E-state index < -0.39 is 0 Å². The molecule has 1 N–H and O–H groups in total. The Morgan fingerprint density at radius 1 is 1.25 bits per heavy atom. The first kappa shape index (κ1) is 13.1. The van der Waals surface area contributed by atoms with Gasteiger partial charge in [-0.2, -0.15) is 0 Å². The van der Waals surface area contributed by atoms with Crippen LogP contribution in [-0.2, 0) is 11.3 Å². The molecule has 0 saturated heterocycles. The third-order valence-corrected chi connectivity index (χ3v) is 3.49. The second-order valence-corrected chi connectivity index (χ2v) is 5.44. The van der Waals surface area contributed by atoms with Crippen LogP contribution in [0.15, 0.2) is 48.7 Å². The molecule has 0 aliphatic rings. The summed E-state index contributed by atoms with van der Waals surface area (Å²) in [6.07, 6.45) is 1.71. The van der Waals surface area contributed by atoms with E-state index in [9.17, 15) is 4.79 Å². The Labute approximate surface area is 129 Å². The van der Waals surface area contributed by atoms with Gasteiger partial charge in [0.2, 0.25) is 0 Å². The van der Waals surface area contributed by atoms with Crippen LogP contribution < -0.4 is 0 Å². The fourth-order valence-electron chi connectivity index (χ4n) is 1.92. The monoisotopic (exact) mass is 378 g/mol. The molecule has 0 bridgehead atoms. The normalized spacial score (nSPS) is 10.7. The number of ether oxygens (including phenoxy) is 1. The van der Waals surface area contributed by atoms with Crippen LogP contribution in [-0.4, -0.2) is 15.9 Å². The van der Waals surface area contributed by atoms with Gasteiger partial charge < -0.3 is 9.72 Å². The topological polar surface area (TPSA) is 55.0 Å². The third kappa shape index (κ3) is 2.82. The summed E-state index contributed by atoms with van der Waals surface area (Å²) in [4.78, 5) is 19.2. The Kier molecular flexibility index (Phi) is 3.68. The van der Waals surface area contributed by atoms with Crippen molar-refractivity contribution in [2.24, 2.45) is 0 Å². The van der Waals surface area contributed by atoms with E-state index in [1.54, 1.807) is 12.3 Å². The molecule has 20 heavy (non-hydrogen) atoms. The summed E-state index contributed by atoms with van der Waals surface area (Å²) in [5, 5.41) is 0.955. The number of aromatic amines is 1. The number of carbonyl (C=O) groups is 1. The van der Waals surface area contributed by atoms with Gasteiger partial charge in [0, 0.05) is 5.39 Å². The molecule has 2 aromatic heterocycles. The summed E-state index contributed by atoms with van der Waals surface area (Å²) in [5.74, 6) is -0.361. The molecule has 0 spiro atoms. The van der Waals surface area contributed by atoms with Crippen molar-refractivity contribution in [3.8, 4) is 0 Å². The molecule has 4 nitrogen and oxygen atoms in total. The van der Waals surface area contributed by atoms with Crippen LogP contribution in [0, 0.1) is 3.70 Å². The lowest BCUT2D eigenvalue weighted by molar-refractivity contribution is 0.0467. The molecule has 0 fully saturated rings. The van der Waals surface area contributed by atoms with Crippen LogP contribution in [0.3, 0.4) is 0 Å². The summed E-state index contributed by atoms with van der Waals surface area (Å²) in [5.41, 5.74) is 2.24. The fraction of sp³-hybridized carbons (Fsp3) is 0.0667. The summed E-state index contributed by atoms with van der Waals surface area (Å²) in [6, 6.07) is 13.3. The number of hydrogen-bond acceptors (Lipinski definition) is 3. The molecule has 3 aromatic rings. The number of carbonyl (C=O) groups excluding carboxylic acids is 1. The Bertz CT molecular complexity index is 753. The first-order valence-electron chi connectivity index (χ1n) is 6.08. The quantitative estimate of drug-likeness (QED) is 0.431. The van der Waals surface area contributed by atoms with Crippen molar-refractivity contribution in [1.82, 2.24) is 9.97 Å². The highest BCUT2D eigenvalue weighted by atomic mass is 127. The van der Waals surface area contributed by atoms with Gasteiger partial charge in [-0.25, -0.2) is 9.78 Å². The lowest BCUT2D eigenvalue weighted by atomic mass is 10.2. The molecular weight excluding hydrogens is 367 g/mol. The van der Waals surface area contributed by atoms with E-state index in [0.29, 0.717) is 5.69 Å². The molecule has 0 radical (unpaired) electrons. The van der Waals surface area contributed by atoms with Crippen molar-refractivity contribution in [3.05, 3.63) is 63.6 Å². The van der Waals surface area contributed by atoms with Crippen molar-refractivity contribution in [3.63, 3.8) is 0 Å². The number of benzene rings is 1. The van der Waals surface area contributed by atoms with Crippen LogP contribution in [0.4, 0.5) is 0 Å². The van der Waals surface area contributed by atoms with Crippen molar-refractivity contribution in [2.75, 3.05) is 0 Å². The van der Waals surface area contributed by atoms with Crippen LogP contribution in [0.5, 0.6) is 0 Å². The van der Waals surface area contributed by atoms with Gasteiger partial charge in [0.05, 0.1) is 11.7 Å². The van der Waals surface area contributed by atoms with Gasteiger partial charge in [-0.1, -0.05) is 30.3 Å². The number of rotatable bonds is 3. The van der Waals surface area contributed by atoms with E-state index in [1.807, 2.05) is 36.4 Å². The minimum absolute atomic E-state index is 0.269. The second-order valence-electron chi connectivity index (χ2n) is 4.34. The molecule has 0 amide bonds. The number of nitrogens with zero attached hydrogens (tertiary/aromatic N) is 1. The SMILES string of the molecule is O=C(OCc1ccccc1)c1cc2cc(I)ncc2[nH]1. The standard InChI is InChI=1S/C15H11IN2O2/c16-14-7-11-6-12(18-13(11)8-17-14)15(19)20-9-10-4-2-1-3-5-10/h1-8,18H,9H2. The molecule has 2 heterocycles. The highest BCUT2D eigenvalue weighted by Crippen LogP contribution is 2.17. The predicted octanol–water partition coefficient (Wildman–Crippen LogP) is 3.52. The maximum absolute atomic E-state index is 12.0. The molecule has 0 aliphatic carbocycles.